The third-order valence-corrected chi connectivity index (χ3v) is 10.3. The second-order valence-corrected chi connectivity index (χ2v) is 13.3. The van der Waals surface area contributed by atoms with Crippen molar-refractivity contribution in [2.45, 2.75) is 0 Å². The summed E-state index contributed by atoms with van der Waals surface area (Å²) in [6.45, 7) is 3.96. The van der Waals surface area contributed by atoms with Gasteiger partial charge in [0.25, 0.3) is 0 Å². The molecular formula is C49H33N3. The van der Waals surface area contributed by atoms with Crippen LogP contribution in [0.1, 0.15) is 5.56 Å². The van der Waals surface area contributed by atoms with Gasteiger partial charge in [0.05, 0.1) is 33.5 Å². The maximum atomic E-state index is 5.32. The molecule has 0 fully saturated rings. The topological polar surface area (TPSA) is 22.8 Å². The van der Waals surface area contributed by atoms with Crippen molar-refractivity contribution in [1.82, 2.24) is 14.1 Å². The first kappa shape index (κ1) is 29.9. The number of aromatic nitrogens is 3. The molecule has 10 aromatic rings. The molecule has 7 aromatic carbocycles. The Labute approximate surface area is 302 Å². The highest BCUT2D eigenvalue weighted by Gasteiger charge is 2.16. The SMILES string of the molecule is C=Cc1ccc(-c2cc(-c3cccc(-n4c5ccccc5c5ccccc54)c3)cc(-c3cccc(-n4c5ccccc5c5ccccc54)c3)n2)cc1. The molecule has 0 saturated carbocycles. The summed E-state index contributed by atoms with van der Waals surface area (Å²) in [5.74, 6) is 0. The minimum Gasteiger partial charge on any atom is -0.309 e. The predicted octanol–water partition coefficient (Wildman–Crippen LogP) is 12.9. The summed E-state index contributed by atoms with van der Waals surface area (Å²) in [7, 11) is 0. The van der Waals surface area contributed by atoms with Gasteiger partial charge in [-0.1, -0.05) is 134 Å². The van der Waals surface area contributed by atoms with Crippen molar-refractivity contribution < 1.29 is 0 Å². The highest BCUT2D eigenvalue weighted by Crippen LogP contribution is 2.37. The van der Waals surface area contributed by atoms with Gasteiger partial charge >= 0.3 is 0 Å². The maximum absolute atomic E-state index is 5.32. The van der Waals surface area contributed by atoms with Gasteiger partial charge in [-0.15, -0.1) is 0 Å². The van der Waals surface area contributed by atoms with Crippen molar-refractivity contribution in [1.29, 1.82) is 0 Å². The number of nitrogens with zero attached hydrogens (tertiary/aromatic N) is 3. The molecule has 0 amide bonds. The summed E-state index contributed by atoms with van der Waals surface area (Å²) in [4.78, 5) is 5.32. The third kappa shape index (κ3) is 4.86. The van der Waals surface area contributed by atoms with Crippen LogP contribution >= 0.6 is 0 Å². The monoisotopic (exact) mass is 663 g/mol. The lowest BCUT2D eigenvalue weighted by molar-refractivity contribution is 1.18. The molecular weight excluding hydrogens is 631 g/mol. The predicted molar refractivity (Wildman–Crippen MR) is 219 cm³/mol. The maximum Gasteiger partial charge on any atom is 0.0716 e. The zero-order chi connectivity index (χ0) is 34.6. The zero-order valence-corrected chi connectivity index (χ0v) is 28.4. The number of fused-ring (bicyclic) bond motifs is 6. The van der Waals surface area contributed by atoms with E-state index in [2.05, 4.69) is 198 Å². The third-order valence-electron chi connectivity index (χ3n) is 10.3. The number of para-hydroxylation sites is 4. The smallest absolute Gasteiger partial charge is 0.0716 e. The number of benzene rings is 7. The van der Waals surface area contributed by atoms with Gasteiger partial charge in [-0.25, -0.2) is 4.98 Å². The molecule has 0 radical (unpaired) electrons. The number of hydrogen-bond donors (Lipinski definition) is 0. The van der Waals surface area contributed by atoms with Gasteiger partial charge in [0.15, 0.2) is 0 Å². The van der Waals surface area contributed by atoms with Crippen molar-refractivity contribution in [2.75, 3.05) is 0 Å². The second kappa shape index (κ2) is 12.1. The average molecular weight is 664 g/mol. The van der Waals surface area contributed by atoms with Gasteiger partial charge in [0.2, 0.25) is 0 Å². The molecule has 0 aliphatic carbocycles. The van der Waals surface area contributed by atoms with Gasteiger partial charge < -0.3 is 9.13 Å². The van der Waals surface area contributed by atoms with Gasteiger partial charge in [-0.3, -0.25) is 0 Å². The first-order chi connectivity index (χ1) is 25.7. The molecule has 10 rings (SSSR count). The van der Waals surface area contributed by atoms with Crippen LogP contribution in [-0.4, -0.2) is 14.1 Å². The molecule has 0 aliphatic rings. The van der Waals surface area contributed by atoms with Crippen LogP contribution in [0.4, 0.5) is 0 Å². The molecule has 0 bridgehead atoms. The van der Waals surface area contributed by atoms with Crippen LogP contribution in [0, 0.1) is 0 Å². The molecule has 0 saturated heterocycles. The standard InChI is InChI=1S/C49H33N3/c1-2-33-25-27-34(28-26-33)44-31-37(35-13-11-15-38(29-35)51-46-21-7-3-17-40(46)41-18-4-8-22-47(41)51)32-45(50-44)36-14-12-16-39(30-36)52-48-23-9-5-19-42(48)43-20-6-10-24-49(43)52/h2-32H,1H2. The Morgan fingerprint density at radius 2 is 0.788 bits per heavy atom. The van der Waals surface area contributed by atoms with Crippen LogP contribution in [0.25, 0.3) is 94.7 Å². The van der Waals surface area contributed by atoms with Crippen LogP contribution in [0.2, 0.25) is 0 Å². The van der Waals surface area contributed by atoms with E-state index in [0.717, 1.165) is 50.6 Å². The van der Waals surface area contributed by atoms with Gasteiger partial charge in [-0.2, -0.15) is 0 Å². The molecule has 3 heteroatoms. The van der Waals surface area contributed by atoms with E-state index in [1.165, 1.54) is 43.6 Å². The lowest BCUT2D eigenvalue weighted by Gasteiger charge is -2.14. The highest BCUT2D eigenvalue weighted by atomic mass is 15.0. The van der Waals surface area contributed by atoms with Crippen LogP contribution in [-0.2, 0) is 0 Å². The van der Waals surface area contributed by atoms with E-state index in [1.54, 1.807) is 0 Å². The van der Waals surface area contributed by atoms with Crippen LogP contribution in [0.5, 0.6) is 0 Å². The molecule has 244 valence electrons. The summed E-state index contributed by atoms with van der Waals surface area (Å²) in [5, 5.41) is 5.00. The van der Waals surface area contributed by atoms with Crippen molar-refractivity contribution in [3.63, 3.8) is 0 Å². The Bertz CT molecular complexity index is 2690. The van der Waals surface area contributed by atoms with E-state index in [4.69, 9.17) is 4.98 Å². The fourth-order valence-corrected chi connectivity index (χ4v) is 7.81. The summed E-state index contributed by atoms with van der Waals surface area (Å²) >= 11 is 0. The van der Waals surface area contributed by atoms with Crippen LogP contribution < -0.4 is 0 Å². The Morgan fingerprint density at radius 3 is 1.27 bits per heavy atom. The molecule has 0 unspecified atom stereocenters. The lowest BCUT2D eigenvalue weighted by Crippen LogP contribution is -1.96. The van der Waals surface area contributed by atoms with E-state index < -0.39 is 0 Å². The summed E-state index contributed by atoms with van der Waals surface area (Å²) in [5.41, 5.74) is 14.3. The molecule has 3 nitrogen and oxygen atoms in total. The Kier molecular flexibility index (Phi) is 6.97. The summed E-state index contributed by atoms with van der Waals surface area (Å²) in [6.07, 6.45) is 1.87. The quantitative estimate of drug-likeness (QED) is 0.174. The van der Waals surface area contributed by atoms with Gasteiger partial charge in [0, 0.05) is 44.0 Å². The molecule has 52 heavy (non-hydrogen) atoms. The highest BCUT2D eigenvalue weighted by molar-refractivity contribution is 6.10. The van der Waals surface area contributed by atoms with Crippen LogP contribution in [0.3, 0.4) is 0 Å². The van der Waals surface area contributed by atoms with E-state index >= 15 is 0 Å². The summed E-state index contributed by atoms with van der Waals surface area (Å²) < 4.78 is 4.74. The first-order valence-electron chi connectivity index (χ1n) is 17.7. The van der Waals surface area contributed by atoms with Crippen molar-refractivity contribution in [3.05, 3.63) is 194 Å². The fourth-order valence-electron chi connectivity index (χ4n) is 7.81. The first-order valence-corrected chi connectivity index (χ1v) is 17.7. The van der Waals surface area contributed by atoms with Crippen molar-refractivity contribution in [3.8, 4) is 45.0 Å². The van der Waals surface area contributed by atoms with E-state index in [1.807, 2.05) is 6.08 Å². The van der Waals surface area contributed by atoms with Crippen molar-refractivity contribution >= 4 is 49.7 Å². The number of rotatable bonds is 6. The van der Waals surface area contributed by atoms with E-state index in [9.17, 15) is 0 Å². The van der Waals surface area contributed by atoms with E-state index in [0.29, 0.717) is 0 Å². The Hall–Kier alpha value is -6.97. The normalized spacial score (nSPS) is 11.5. The second-order valence-electron chi connectivity index (χ2n) is 13.3. The minimum absolute atomic E-state index is 0.921. The Morgan fingerprint density at radius 1 is 0.365 bits per heavy atom. The van der Waals surface area contributed by atoms with Gasteiger partial charge in [-0.05, 0) is 77.4 Å². The molecule has 0 spiro atoms. The average Bonchev–Trinajstić information content (AvgIpc) is 3.74. The number of hydrogen-bond acceptors (Lipinski definition) is 1. The fraction of sp³-hybridized carbons (Fsp3) is 0. The lowest BCUT2D eigenvalue weighted by atomic mass is 9.99. The largest absolute Gasteiger partial charge is 0.309 e. The molecule has 0 N–H and O–H groups in total. The van der Waals surface area contributed by atoms with E-state index in [-0.39, 0.29) is 0 Å². The van der Waals surface area contributed by atoms with Crippen molar-refractivity contribution in [2.24, 2.45) is 0 Å². The Balaban J connectivity index is 1.16. The summed E-state index contributed by atoms with van der Waals surface area (Å²) in [6, 6.07) is 65.2. The molecule has 0 aliphatic heterocycles. The number of pyridine rings is 1. The molecule has 3 aromatic heterocycles. The minimum atomic E-state index is 0.921. The van der Waals surface area contributed by atoms with Crippen LogP contribution in [0.15, 0.2) is 189 Å². The van der Waals surface area contributed by atoms with Gasteiger partial charge in [0.1, 0.15) is 0 Å². The zero-order valence-electron chi connectivity index (χ0n) is 28.4. The molecule has 0 atom stereocenters. The molecule has 3 heterocycles.